The highest BCUT2D eigenvalue weighted by Gasteiger charge is 2.50. The molecule has 0 radical (unpaired) electrons. The second-order valence-corrected chi connectivity index (χ2v) is 7.58. The fraction of sp³-hybridized carbons (Fsp3) is 0.632. The Morgan fingerprint density at radius 1 is 1.27 bits per heavy atom. The van der Waals surface area contributed by atoms with E-state index >= 15 is 4.39 Å². The van der Waals surface area contributed by atoms with E-state index < -0.39 is 18.1 Å². The first kappa shape index (κ1) is 19.1. The second-order valence-electron chi connectivity index (χ2n) is 7.58. The number of nitrogens with zero attached hydrogens (tertiary/aromatic N) is 2. The summed E-state index contributed by atoms with van der Waals surface area (Å²) in [5.74, 6) is -1.33. The van der Waals surface area contributed by atoms with Gasteiger partial charge in [0.25, 0.3) is 0 Å². The van der Waals surface area contributed by atoms with E-state index in [1.165, 1.54) is 0 Å². The van der Waals surface area contributed by atoms with E-state index in [0.717, 1.165) is 36.4 Å². The van der Waals surface area contributed by atoms with Crippen LogP contribution in [-0.4, -0.2) is 53.5 Å². The Morgan fingerprint density at radius 2 is 2.00 bits per heavy atom. The maximum absolute atomic E-state index is 15.2. The fourth-order valence-corrected chi connectivity index (χ4v) is 4.00. The molecule has 0 saturated carbocycles. The van der Waals surface area contributed by atoms with E-state index in [9.17, 15) is 4.79 Å². The molecule has 0 bridgehead atoms. The van der Waals surface area contributed by atoms with Crippen LogP contribution in [0.2, 0.25) is 0 Å². The molecule has 1 aromatic rings. The van der Waals surface area contributed by atoms with Gasteiger partial charge in [0, 0.05) is 19.1 Å². The fourth-order valence-electron chi connectivity index (χ4n) is 4.00. The molecule has 4 N–H and O–H groups in total. The molecule has 1 amide bonds. The van der Waals surface area contributed by atoms with Crippen LogP contribution in [-0.2, 0) is 11.3 Å². The molecule has 2 aliphatic rings. The van der Waals surface area contributed by atoms with Gasteiger partial charge in [-0.1, -0.05) is 37.3 Å². The first-order valence-corrected chi connectivity index (χ1v) is 9.33. The van der Waals surface area contributed by atoms with Gasteiger partial charge in [-0.05, 0) is 37.3 Å². The van der Waals surface area contributed by atoms with Gasteiger partial charge < -0.3 is 4.74 Å². The Kier molecular flexibility index (Phi) is 5.79. The number of alkyl halides is 1. The molecule has 3 rings (SSSR count). The van der Waals surface area contributed by atoms with Gasteiger partial charge in [0.05, 0.1) is 0 Å². The molecule has 6 nitrogen and oxygen atoms in total. The van der Waals surface area contributed by atoms with Crippen molar-refractivity contribution in [2.24, 2.45) is 17.4 Å². The van der Waals surface area contributed by atoms with Crippen molar-refractivity contribution in [3.05, 3.63) is 35.9 Å². The molecule has 144 valence electrons. The normalized spacial score (nSPS) is 29.4. The Hall–Kier alpha value is -1.70. The van der Waals surface area contributed by atoms with E-state index in [-0.39, 0.29) is 19.2 Å². The minimum Gasteiger partial charge on any atom is -0.444 e. The van der Waals surface area contributed by atoms with Crippen LogP contribution in [0.3, 0.4) is 0 Å². The monoisotopic (exact) mass is 364 g/mol. The van der Waals surface area contributed by atoms with Crippen LogP contribution in [0.4, 0.5) is 9.18 Å². The van der Waals surface area contributed by atoms with Gasteiger partial charge in [-0.25, -0.2) is 9.18 Å². The lowest BCUT2D eigenvalue weighted by Crippen LogP contribution is -2.77. The van der Waals surface area contributed by atoms with E-state index in [0.29, 0.717) is 12.3 Å². The third-order valence-electron chi connectivity index (χ3n) is 5.48. The molecule has 7 heteroatoms. The number of rotatable bonds is 3. The number of nitrogens with two attached hydrogens (primary N) is 2. The van der Waals surface area contributed by atoms with Gasteiger partial charge in [0.2, 0.25) is 0 Å². The van der Waals surface area contributed by atoms with Crippen molar-refractivity contribution in [2.45, 2.75) is 50.8 Å². The average Bonchev–Trinajstić information content (AvgIpc) is 2.63. The van der Waals surface area contributed by atoms with E-state index in [1.807, 2.05) is 30.3 Å². The molecule has 2 fully saturated rings. The molecule has 2 aliphatic heterocycles. The summed E-state index contributed by atoms with van der Waals surface area (Å²) in [5.41, 5.74) is 13.0. The Labute approximate surface area is 154 Å². The predicted molar refractivity (Wildman–Crippen MR) is 97.7 cm³/mol. The zero-order valence-corrected chi connectivity index (χ0v) is 15.3. The van der Waals surface area contributed by atoms with Gasteiger partial charge in [-0.3, -0.25) is 21.3 Å². The number of hydrogen-bond donors (Lipinski definition) is 2. The van der Waals surface area contributed by atoms with Crippen LogP contribution in [0.25, 0.3) is 0 Å². The summed E-state index contributed by atoms with van der Waals surface area (Å²) in [5, 5.41) is 0. The number of halogens is 1. The van der Waals surface area contributed by atoms with Crippen molar-refractivity contribution in [3.63, 3.8) is 0 Å². The van der Waals surface area contributed by atoms with Gasteiger partial charge in [0.15, 0.2) is 12.0 Å². The molecule has 0 aliphatic carbocycles. The number of ether oxygens (including phenoxy) is 1. The minimum atomic E-state index is -1.86. The molecular formula is C19H29FN4O2. The third-order valence-corrected chi connectivity index (χ3v) is 5.48. The molecule has 1 aromatic carbocycles. The zero-order valence-electron chi connectivity index (χ0n) is 15.3. The number of hydrogen-bond acceptors (Lipinski definition) is 5. The molecule has 0 aromatic heterocycles. The zero-order chi connectivity index (χ0) is 18.7. The third kappa shape index (κ3) is 4.00. The largest absolute Gasteiger partial charge is 0.444 e. The summed E-state index contributed by atoms with van der Waals surface area (Å²) in [4.78, 5) is 15.7. The molecule has 2 saturated heterocycles. The van der Waals surface area contributed by atoms with E-state index in [2.05, 4.69) is 11.8 Å². The van der Waals surface area contributed by atoms with E-state index in [1.54, 1.807) is 0 Å². The van der Waals surface area contributed by atoms with Gasteiger partial charge >= 0.3 is 6.09 Å². The highest BCUT2D eigenvalue weighted by atomic mass is 19.1. The van der Waals surface area contributed by atoms with Crippen molar-refractivity contribution in [1.29, 1.82) is 0 Å². The molecule has 0 spiro atoms. The SMILES string of the molecule is C[C@@H]1CCCN(C2CCN(C(=O)OCc3ccccc3)C(N)(N)C2F)C1. The van der Waals surface area contributed by atoms with E-state index in [4.69, 9.17) is 16.2 Å². The molecule has 3 atom stereocenters. The van der Waals surface area contributed by atoms with Gasteiger partial charge in [-0.15, -0.1) is 0 Å². The van der Waals surface area contributed by atoms with Crippen molar-refractivity contribution >= 4 is 6.09 Å². The minimum absolute atomic E-state index is 0.107. The quantitative estimate of drug-likeness (QED) is 0.802. The second kappa shape index (κ2) is 7.90. The number of amides is 1. The van der Waals surface area contributed by atoms with Crippen molar-refractivity contribution in [3.8, 4) is 0 Å². The van der Waals surface area contributed by atoms with Crippen LogP contribution in [0.1, 0.15) is 31.7 Å². The molecule has 2 heterocycles. The summed E-state index contributed by atoms with van der Waals surface area (Å²) in [6.07, 6.45) is 0.520. The summed E-state index contributed by atoms with van der Waals surface area (Å²) in [6, 6.07) is 8.96. The summed E-state index contributed by atoms with van der Waals surface area (Å²) < 4.78 is 20.5. The lowest BCUT2D eigenvalue weighted by molar-refractivity contribution is -0.0693. The number of benzene rings is 1. The number of carbonyl (C=O) groups excluding carboxylic acids is 1. The summed E-state index contributed by atoms with van der Waals surface area (Å²) >= 11 is 0. The van der Waals surface area contributed by atoms with Gasteiger partial charge in [0.1, 0.15) is 6.61 Å². The van der Waals surface area contributed by atoms with Crippen LogP contribution in [0.15, 0.2) is 30.3 Å². The summed E-state index contributed by atoms with van der Waals surface area (Å²) in [6.45, 7) is 4.27. The smallest absolute Gasteiger partial charge is 0.412 e. The average molecular weight is 364 g/mol. The van der Waals surface area contributed by atoms with Crippen LogP contribution in [0.5, 0.6) is 0 Å². The lowest BCUT2D eigenvalue weighted by Gasteiger charge is -2.50. The van der Waals surface area contributed by atoms with Crippen molar-refractivity contribution in [1.82, 2.24) is 9.80 Å². The maximum Gasteiger partial charge on any atom is 0.412 e. The first-order chi connectivity index (χ1) is 12.4. The van der Waals surface area contributed by atoms with Crippen LogP contribution >= 0.6 is 0 Å². The number of likely N-dealkylation sites (tertiary alicyclic amines) is 2. The maximum atomic E-state index is 15.2. The first-order valence-electron chi connectivity index (χ1n) is 9.33. The number of carbonyl (C=O) groups is 1. The standard InChI is InChI=1S/C19H29FN4O2/c1-14-6-5-10-23(12-14)16-9-11-24(19(21,22)17(16)20)18(25)26-13-15-7-3-2-4-8-15/h2-4,7-8,14,16-17H,5-6,9-13,21-22H2,1H3/t14-,16?,17?/m1/s1. The van der Waals surface area contributed by atoms with Gasteiger partial charge in [-0.2, -0.15) is 0 Å². The van der Waals surface area contributed by atoms with Crippen molar-refractivity contribution < 1.29 is 13.9 Å². The van der Waals surface area contributed by atoms with Crippen LogP contribution < -0.4 is 11.5 Å². The predicted octanol–water partition coefficient (Wildman–Crippen LogP) is 2.04. The summed E-state index contributed by atoms with van der Waals surface area (Å²) in [7, 11) is 0. The Balaban J connectivity index is 1.62. The van der Waals surface area contributed by atoms with Crippen LogP contribution in [0, 0.1) is 5.92 Å². The molecule has 2 unspecified atom stereocenters. The Morgan fingerprint density at radius 3 is 2.69 bits per heavy atom. The van der Waals surface area contributed by atoms with Crippen molar-refractivity contribution in [2.75, 3.05) is 19.6 Å². The number of piperidine rings is 2. The molecular weight excluding hydrogens is 335 g/mol. The highest BCUT2D eigenvalue weighted by molar-refractivity contribution is 5.69. The topological polar surface area (TPSA) is 84.8 Å². The lowest BCUT2D eigenvalue weighted by atomic mass is 9.91. The highest BCUT2D eigenvalue weighted by Crippen LogP contribution is 2.30. The molecule has 26 heavy (non-hydrogen) atoms. The Bertz CT molecular complexity index is 613.